The van der Waals surface area contributed by atoms with Crippen molar-refractivity contribution in [3.63, 3.8) is 0 Å². The number of nitrogens with one attached hydrogen (secondary N) is 1. The van der Waals surface area contributed by atoms with Gasteiger partial charge >= 0.3 is 0 Å². The summed E-state index contributed by atoms with van der Waals surface area (Å²) in [6.07, 6.45) is 6.98. The van der Waals surface area contributed by atoms with Crippen molar-refractivity contribution in [2.24, 2.45) is 11.3 Å². The minimum absolute atomic E-state index is 0.391. The summed E-state index contributed by atoms with van der Waals surface area (Å²) < 4.78 is 6.33. The Morgan fingerprint density at radius 2 is 2.00 bits per heavy atom. The van der Waals surface area contributed by atoms with Crippen LogP contribution in [0.4, 0.5) is 0 Å². The van der Waals surface area contributed by atoms with E-state index in [1.165, 1.54) is 25.7 Å². The quantitative estimate of drug-likeness (QED) is 0.694. The molecule has 0 spiro atoms. The molecule has 2 nitrogen and oxygen atoms in total. The molecule has 0 bridgehead atoms. The third-order valence-electron chi connectivity index (χ3n) is 3.99. The van der Waals surface area contributed by atoms with Crippen LogP contribution in [0.1, 0.15) is 66.7 Å². The van der Waals surface area contributed by atoms with Gasteiger partial charge in [0.1, 0.15) is 0 Å². The van der Waals surface area contributed by atoms with Crippen LogP contribution in [0.2, 0.25) is 0 Å². The standard InChI is InChI=1S/C16H33NO/c1-6-8-17-12-14(7-2)18-15-9-13(3)10-16(4,5)11-15/h13-15,17H,6-12H2,1-5H3. The fourth-order valence-electron chi connectivity index (χ4n) is 3.36. The molecule has 108 valence electrons. The normalized spacial score (nSPS) is 29.2. The number of hydrogen-bond acceptors (Lipinski definition) is 2. The van der Waals surface area contributed by atoms with Gasteiger partial charge in [-0.3, -0.25) is 0 Å². The van der Waals surface area contributed by atoms with Crippen LogP contribution >= 0.6 is 0 Å². The zero-order chi connectivity index (χ0) is 13.6. The van der Waals surface area contributed by atoms with Gasteiger partial charge in [0, 0.05) is 6.54 Å². The van der Waals surface area contributed by atoms with Crippen LogP contribution < -0.4 is 5.32 Å². The Bertz CT molecular complexity index is 227. The molecule has 0 aliphatic heterocycles. The van der Waals surface area contributed by atoms with E-state index in [9.17, 15) is 0 Å². The second-order valence-corrected chi connectivity index (χ2v) is 6.91. The Morgan fingerprint density at radius 1 is 1.28 bits per heavy atom. The molecular weight excluding hydrogens is 222 g/mol. The molecule has 0 aromatic rings. The third kappa shape index (κ3) is 5.71. The molecule has 1 fully saturated rings. The van der Waals surface area contributed by atoms with Crippen molar-refractivity contribution in [3.8, 4) is 0 Å². The Labute approximate surface area is 114 Å². The average Bonchev–Trinajstić information content (AvgIpc) is 2.25. The Kier molecular flexibility index (Phi) is 6.65. The first-order valence-electron chi connectivity index (χ1n) is 7.83. The zero-order valence-corrected chi connectivity index (χ0v) is 13.1. The third-order valence-corrected chi connectivity index (χ3v) is 3.99. The molecule has 1 aliphatic rings. The molecule has 0 heterocycles. The van der Waals surface area contributed by atoms with Crippen molar-refractivity contribution in [3.05, 3.63) is 0 Å². The molecular formula is C16H33NO. The summed E-state index contributed by atoms with van der Waals surface area (Å²) in [5, 5.41) is 3.48. The molecule has 1 N–H and O–H groups in total. The molecule has 0 aromatic carbocycles. The molecule has 0 amide bonds. The van der Waals surface area contributed by atoms with E-state index in [1.807, 2.05) is 0 Å². The first-order chi connectivity index (χ1) is 8.46. The van der Waals surface area contributed by atoms with Crippen molar-refractivity contribution >= 4 is 0 Å². The van der Waals surface area contributed by atoms with Gasteiger partial charge in [0.15, 0.2) is 0 Å². The summed E-state index contributed by atoms with van der Waals surface area (Å²) in [7, 11) is 0. The van der Waals surface area contributed by atoms with E-state index >= 15 is 0 Å². The molecule has 3 unspecified atom stereocenters. The van der Waals surface area contributed by atoms with E-state index in [0.29, 0.717) is 17.6 Å². The highest BCUT2D eigenvalue weighted by Gasteiger charge is 2.33. The lowest BCUT2D eigenvalue weighted by molar-refractivity contribution is -0.0652. The van der Waals surface area contributed by atoms with Gasteiger partial charge in [-0.15, -0.1) is 0 Å². The lowest BCUT2D eigenvalue weighted by atomic mass is 9.71. The minimum Gasteiger partial charge on any atom is -0.374 e. The Hall–Kier alpha value is -0.0800. The maximum Gasteiger partial charge on any atom is 0.0700 e. The highest BCUT2D eigenvalue weighted by molar-refractivity contribution is 4.84. The SMILES string of the molecule is CCCNCC(CC)OC1CC(C)CC(C)(C)C1. The summed E-state index contributed by atoms with van der Waals surface area (Å²) in [4.78, 5) is 0. The van der Waals surface area contributed by atoms with Gasteiger partial charge in [0.05, 0.1) is 12.2 Å². The molecule has 0 aromatic heterocycles. The van der Waals surface area contributed by atoms with Crippen molar-refractivity contribution in [1.29, 1.82) is 0 Å². The Balaban J connectivity index is 2.38. The van der Waals surface area contributed by atoms with Gasteiger partial charge in [-0.05, 0) is 50.0 Å². The number of ether oxygens (including phenoxy) is 1. The second kappa shape index (κ2) is 7.49. The van der Waals surface area contributed by atoms with Gasteiger partial charge in [-0.1, -0.05) is 34.6 Å². The van der Waals surface area contributed by atoms with E-state index < -0.39 is 0 Å². The van der Waals surface area contributed by atoms with Gasteiger partial charge < -0.3 is 10.1 Å². The molecule has 3 atom stereocenters. The summed E-state index contributed by atoms with van der Waals surface area (Å²) in [5.74, 6) is 0.805. The lowest BCUT2D eigenvalue weighted by Crippen LogP contribution is -2.38. The fourth-order valence-corrected chi connectivity index (χ4v) is 3.36. The average molecular weight is 255 g/mol. The maximum absolute atomic E-state index is 6.33. The Morgan fingerprint density at radius 3 is 2.56 bits per heavy atom. The van der Waals surface area contributed by atoms with Gasteiger partial charge in [0.2, 0.25) is 0 Å². The van der Waals surface area contributed by atoms with Crippen molar-refractivity contribution in [1.82, 2.24) is 5.32 Å². The largest absolute Gasteiger partial charge is 0.374 e. The van der Waals surface area contributed by atoms with E-state index in [1.54, 1.807) is 0 Å². The smallest absolute Gasteiger partial charge is 0.0700 e. The number of hydrogen-bond donors (Lipinski definition) is 1. The minimum atomic E-state index is 0.391. The van der Waals surface area contributed by atoms with Gasteiger partial charge in [-0.25, -0.2) is 0 Å². The first kappa shape index (κ1) is 16.0. The van der Waals surface area contributed by atoms with E-state index in [2.05, 4.69) is 39.9 Å². The summed E-state index contributed by atoms with van der Waals surface area (Å²) in [6.45, 7) is 13.7. The van der Waals surface area contributed by atoms with Gasteiger partial charge in [0.25, 0.3) is 0 Å². The molecule has 2 heteroatoms. The van der Waals surface area contributed by atoms with Gasteiger partial charge in [-0.2, -0.15) is 0 Å². The highest BCUT2D eigenvalue weighted by Crippen LogP contribution is 2.40. The van der Waals surface area contributed by atoms with Crippen LogP contribution in [0.25, 0.3) is 0 Å². The predicted molar refractivity (Wildman–Crippen MR) is 78.9 cm³/mol. The maximum atomic E-state index is 6.33. The summed E-state index contributed by atoms with van der Waals surface area (Å²) in [5.41, 5.74) is 0.456. The van der Waals surface area contributed by atoms with Crippen molar-refractivity contribution < 1.29 is 4.74 Å². The van der Waals surface area contributed by atoms with Crippen LogP contribution in [0.3, 0.4) is 0 Å². The topological polar surface area (TPSA) is 21.3 Å². The predicted octanol–water partition coefficient (Wildman–Crippen LogP) is 4.00. The summed E-state index contributed by atoms with van der Waals surface area (Å²) >= 11 is 0. The van der Waals surface area contributed by atoms with Crippen LogP contribution in [0.15, 0.2) is 0 Å². The molecule has 18 heavy (non-hydrogen) atoms. The lowest BCUT2D eigenvalue weighted by Gasteiger charge is -2.40. The molecule has 0 radical (unpaired) electrons. The van der Waals surface area contributed by atoms with Crippen LogP contribution in [0, 0.1) is 11.3 Å². The van der Waals surface area contributed by atoms with Crippen LogP contribution in [0.5, 0.6) is 0 Å². The molecule has 1 aliphatic carbocycles. The fraction of sp³-hybridized carbons (Fsp3) is 1.00. The molecule has 1 saturated carbocycles. The first-order valence-corrected chi connectivity index (χ1v) is 7.83. The van der Waals surface area contributed by atoms with E-state index in [-0.39, 0.29) is 0 Å². The van der Waals surface area contributed by atoms with Crippen LogP contribution in [-0.4, -0.2) is 25.3 Å². The van der Waals surface area contributed by atoms with E-state index in [0.717, 1.165) is 25.4 Å². The van der Waals surface area contributed by atoms with Crippen molar-refractivity contribution in [2.45, 2.75) is 78.9 Å². The monoisotopic (exact) mass is 255 g/mol. The van der Waals surface area contributed by atoms with Crippen molar-refractivity contribution in [2.75, 3.05) is 13.1 Å². The molecule has 0 saturated heterocycles. The summed E-state index contributed by atoms with van der Waals surface area (Å²) in [6, 6.07) is 0. The van der Waals surface area contributed by atoms with Crippen LogP contribution in [-0.2, 0) is 4.74 Å². The second-order valence-electron chi connectivity index (χ2n) is 6.91. The number of rotatable bonds is 7. The van der Waals surface area contributed by atoms with E-state index in [4.69, 9.17) is 4.74 Å². The highest BCUT2D eigenvalue weighted by atomic mass is 16.5. The zero-order valence-electron chi connectivity index (χ0n) is 13.1. The molecule has 1 rings (SSSR count).